The first-order valence-corrected chi connectivity index (χ1v) is 5.12. The third-order valence-corrected chi connectivity index (χ3v) is 2.01. The van der Waals surface area contributed by atoms with E-state index < -0.39 is 0 Å². The molecule has 4 nitrogen and oxygen atoms in total. The molecule has 0 spiro atoms. The summed E-state index contributed by atoms with van der Waals surface area (Å²) in [4.78, 5) is 14.6. The molecule has 0 bridgehead atoms. The fraction of sp³-hybridized carbons (Fsp3) is 0.273. The van der Waals surface area contributed by atoms with Gasteiger partial charge in [-0.1, -0.05) is 23.8 Å². The van der Waals surface area contributed by atoms with Gasteiger partial charge in [-0.3, -0.25) is 4.79 Å². The number of halogens is 1. The Morgan fingerprint density at radius 3 is 3.06 bits per heavy atom. The van der Waals surface area contributed by atoms with Crippen LogP contribution < -0.4 is 10.1 Å². The molecule has 1 aromatic rings. The van der Waals surface area contributed by atoms with E-state index in [1.807, 2.05) is 0 Å². The Kier molecular flexibility index (Phi) is 4.79. The molecule has 0 fully saturated rings. The Morgan fingerprint density at radius 1 is 1.69 bits per heavy atom. The molecule has 0 atom stereocenters. The average molecular weight is 241 g/mol. The van der Waals surface area contributed by atoms with E-state index in [4.69, 9.17) is 16.3 Å². The summed E-state index contributed by atoms with van der Waals surface area (Å²) in [7, 11) is 1.54. The number of pyridine rings is 1. The van der Waals surface area contributed by atoms with Crippen LogP contribution in [-0.2, 0) is 4.79 Å². The van der Waals surface area contributed by atoms with Gasteiger partial charge in [-0.25, -0.2) is 4.98 Å². The molecule has 1 amide bonds. The molecule has 5 heteroatoms. The quantitative estimate of drug-likeness (QED) is 0.875. The summed E-state index contributed by atoms with van der Waals surface area (Å²) in [6.07, 6.45) is 5.12. The lowest BCUT2D eigenvalue weighted by Crippen LogP contribution is -2.19. The Morgan fingerprint density at radius 2 is 2.44 bits per heavy atom. The van der Waals surface area contributed by atoms with Crippen LogP contribution in [0.3, 0.4) is 0 Å². The Hall–Kier alpha value is -1.55. The van der Waals surface area contributed by atoms with Crippen molar-refractivity contribution < 1.29 is 9.53 Å². The smallest absolute Gasteiger partial charge is 0.220 e. The summed E-state index contributed by atoms with van der Waals surface area (Å²) in [5.74, 6) is 0.435. The van der Waals surface area contributed by atoms with Crippen LogP contribution in [-0.4, -0.2) is 24.5 Å². The number of carbonyl (C=O) groups is 1. The number of nitrogens with one attached hydrogen (secondary N) is 1. The number of hydrogen-bond acceptors (Lipinski definition) is 3. The molecule has 0 radical (unpaired) electrons. The van der Waals surface area contributed by atoms with Crippen LogP contribution >= 0.6 is 11.6 Å². The Balaban J connectivity index is 2.71. The molecule has 86 valence electrons. The maximum absolute atomic E-state index is 10.6. The first-order valence-electron chi connectivity index (χ1n) is 4.74. The normalized spacial score (nSPS) is 10.4. The standard InChI is InChI=1S/C11H13ClN2O2/c1-8(15)13-5-3-4-9-6-10(12)7-14-11(9)16-2/h3-4,6-7H,5H2,1-2H3,(H,13,15). The van der Waals surface area contributed by atoms with Crippen molar-refractivity contribution in [3.8, 4) is 5.88 Å². The second-order valence-electron chi connectivity index (χ2n) is 3.09. The van der Waals surface area contributed by atoms with Crippen LogP contribution in [0.5, 0.6) is 5.88 Å². The van der Waals surface area contributed by atoms with Crippen molar-refractivity contribution in [2.75, 3.05) is 13.7 Å². The number of rotatable bonds is 4. The SMILES string of the molecule is COc1ncc(Cl)cc1C=CCNC(C)=O. The molecule has 1 N–H and O–H groups in total. The fourth-order valence-electron chi connectivity index (χ4n) is 1.12. The molecule has 16 heavy (non-hydrogen) atoms. The van der Waals surface area contributed by atoms with Gasteiger partial charge < -0.3 is 10.1 Å². The molecule has 0 aliphatic rings. The van der Waals surface area contributed by atoms with E-state index in [0.29, 0.717) is 17.4 Å². The van der Waals surface area contributed by atoms with Gasteiger partial charge in [0.05, 0.1) is 12.1 Å². The topological polar surface area (TPSA) is 51.2 Å². The van der Waals surface area contributed by atoms with Crippen molar-refractivity contribution in [1.82, 2.24) is 10.3 Å². The minimum Gasteiger partial charge on any atom is -0.481 e. The van der Waals surface area contributed by atoms with Gasteiger partial charge in [-0.2, -0.15) is 0 Å². The van der Waals surface area contributed by atoms with Crippen molar-refractivity contribution in [3.05, 3.63) is 28.9 Å². The zero-order valence-electron chi connectivity index (χ0n) is 9.16. The molecular weight excluding hydrogens is 228 g/mol. The van der Waals surface area contributed by atoms with E-state index in [0.717, 1.165) is 5.56 Å². The van der Waals surface area contributed by atoms with Crippen molar-refractivity contribution in [3.63, 3.8) is 0 Å². The number of ether oxygens (including phenoxy) is 1. The summed E-state index contributed by atoms with van der Waals surface area (Å²) in [6, 6.07) is 1.75. The molecule has 1 heterocycles. The first-order chi connectivity index (χ1) is 7.63. The van der Waals surface area contributed by atoms with E-state index in [2.05, 4.69) is 10.3 Å². The predicted octanol–water partition coefficient (Wildman–Crippen LogP) is 1.89. The second kappa shape index (κ2) is 6.12. The summed E-state index contributed by atoms with van der Waals surface area (Å²) < 4.78 is 5.07. The van der Waals surface area contributed by atoms with E-state index in [9.17, 15) is 4.79 Å². The van der Waals surface area contributed by atoms with E-state index in [-0.39, 0.29) is 5.91 Å². The molecule has 0 aliphatic heterocycles. The van der Waals surface area contributed by atoms with Crippen molar-refractivity contribution in [1.29, 1.82) is 0 Å². The minimum atomic E-state index is -0.0687. The van der Waals surface area contributed by atoms with Gasteiger partial charge in [0, 0.05) is 25.2 Å². The molecule has 1 aromatic heterocycles. The van der Waals surface area contributed by atoms with E-state index >= 15 is 0 Å². The summed E-state index contributed by atoms with van der Waals surface area (Å²) in [5, 5.41) is 3.19. The molecule has 1 rings (SSSR count). The number of hydrogen-bond donors (Lipinski definition) is 1. The Labute approximate surface area is 99.3 Å². The number of nitrogens with zero attached hydrogens (tertiary/aromatic N) is 1. The highest BCUT2D eigenvalue weighted by molar-refractivity contribution is 6.30. The van der Waals surface area contributed by atoms with E-state index in [1.165, 1.54) is 13.1 Å². The monoisotopic (exact) mass is 240 g/mol. The van der Waals surface area contributed by atoms with Gasteiger partial charge >= 0.3 is 0 Å². The zero-order chi connectivity index (χ0) is 12.0. The van der Waals surface area contributed by atoms with Gasteiger partial charge in [-0.15, -0.1) is 0 Å². The lowest BCUT2D eigenvalue weighted by molar-refractivity contribution is -0.118. The lowest BCUT2D eigenvalue weighted by atomic mass is 10.2. The third kappa shape index (κ3) is 3.90. The number of carbonyl (C=O) groups excluding carboxylic acids is 1. The van der Waals surface area contributed by atoms with Crippen LogP contribution in [0.15, 0.2) is 18.3 Å². The molecule has 0 aromatic carbocycles. The van der Waals surface area contributed by atoms with Gasteiger partial charge in [-0.05, 0) is 6.07 Å². The zero-order valence-corrected chi connectivity index (χ0v) is 9.91. The highest BCUT2D eigenvalue weighted by Gasteiger charge is 2.01. The van der Waals surface area contributed by atoms with E-state index in [1.54, 1.807) is 25.3 Å². The highest BCUT2D eigenvalue weighted by atomic mass is 35.5. The maximum atomic E-state index is 10.6. The van der Waals surface area contributed by atoms with Gasteiger partial charge in [0.1, 0.15) is 0 Å². The summed E-state index contributed by atoms with van der Waals surface area (Å²) in [5.41, 5.74) is 0.778. The van der Waals surface area contributed by atoms with Crippen LogP contribution in [0.2, 0.25) is 5.02 Å². The highest BCUT2D eigenvalue weighted by Crippen LogP contribution is 2.20. The fourth-order valence-corrected chi connectivity index (χ4v) is 1.29. The number of methoxy groups -OCH3 is 1. The van der Waals surface area contributed by atoms with Crippen LogP contribution in [0.25, 0.3) is 6.08 Å². The third-order valence-electron chi connectivity index (χ3n) is 1.81. The predicted molar refractivity (Wildman–Crippen MR) is 63.5 cm³/mol. The second-order valence-corrected chi connectivity index (χ2v) is 3.53. The molecule has 0 aliphatic carbocycles. The summed E-state index contributed by atoms with van der Waals surface area (Å²) in [6.45, 7) is 1.93. The molecular formula is C11H13ClN2O2. The van der Waals surface area contributed by atoms with Crippen LogP contribution in [0.4, 0.5) is 0 Å². The van der Waals surface area contributed by atoms with Crippen LogP contribution in [0, 0.1) is 0 Å². The van der Waals surface area contributed by atoms with Gasteiger partial charge in [0.25, 0.3) is 0 Å². The largest absolute Gasteiger partial charge is 0.481 e. The molecule has 0 saturated carbocycles. The Bertz CT molecular complexity index is 405. The van der Waals surface area contributed by atoms with Crippen LogP contribution in [0.1, 0.15) is 12.5 Å². The van der Waals surface area contributed by atoms with Crippen molar-refractivity contribution in [2.45, 2.75) is 6.92 Å². The number of aromatic nitrogens is 1. The van der Waals surface area contributed by atoms with Gasteiger partial charge in [0.15, 0.2) is 0 Å². The van der Waals surface area contributed by atoms with Crippen molar-refractivity contribution in [2.24, 2.45) is 0 Å². The number of amides is 1. The summed E-state index contributed by atoms with van der Waals surface area (Å²) >= 11 is 5.82. The lowest BCUT2D eigenvalue weighted by Gasteiger charge is -2.03. The van der Waals surface area contributed by atoms with Gasteiger partial charge in [0.2, 0.25) is 11.8 Å². The molecule has 0 saturated heterocycles. The minimum absolute atomic E-state index is 0.0687. The van der Waals surface area contributed by atoms with Crippen molar-refractivity contribution >= 4 is 23.6 Å². The average Bonchev–Trinajstić information content (AvgIpc) is 2.24. The first kappa shape index (κ1) is 12.5. The molecule has 0 unspecified atom stereocenters. The maximum Gasteiger partial charge on any atom is 0.220 e.